The second-order valence-corrected chi connectivity index (χ2v) is 9.08. The Morgan fingerprint density at radius 3 is 2.62 bits per heavy atom. The highest BCUT2D eigenvalue weighted by Crippen LogP contribution is 2.41. The van der Waals surface area contributed by atoms with E-state index in [1.165, 1.54) is 17.8 Å². The van der Waals surface area contributed by atoms with Gasteiger partial charge in [-0.05, 0) is 50.6 Å². The van der Waals surface area contributed by atoms with Crippen LogP contribution in [0.3, 0.4) is 0 Å². The molecule has 0 unspecified atom stereocenters. The van der Waals surface area contributed by atoms with Crippen LogP contribution in [0.15, 0.2) is 17.2 Å². The fourth-order valence-corrected chi connectivity index (χ4v) is 4.57. The summed E-state index contributed by atoms with van der Waals surface area (Å²) in [6.45, 7) is 7.95. The molecule has 4 rings (SSSR count). The van der Waals surface area contributed by atoms with E-state index in [9.17, 15) is 4.79 Å². The van der Waals surface area contributed by atoms with E-state index < -0.39 is 0 Å². The number of nitrogens with zero attached hydrogens (tertiary/aromatic N) is 5. The monoisotopic (exact) mass is 373 g/mol. The third kappa shape index (κ3) is 4.20. The Morgan fingerprint density at radius 1 is 1.19 bits per heavy atom. The Kier molecular flexibility index (Phi) is 5.18. The third-order valence-corrected chi connectivity index (χ3v) is 6.49. The van der Waals surface area contributed by atoms with Crippen molar-refractivity contribution in [3.8, 4) is 0 Å². The Morgan fingerprint density at radius 2 is 1.96 bits per heavy atom. The molecule has 2 fully saturated rings. The van der Waals surface area contributed by atoms with Crippen molar-refractivity contribution in [1.29, 1.82) is 0 Å². The van der Waals surface area contributed by atoms with Gasteiger partial charge in [0.25, 0.3) is 5.56 Å². The summed E-state index contributed by atoms with van der Waals surface area (Å²) in [6, 6.07) is 1.69. The summed E-state index contributed by atoms with van der Waals surface area (Å²) >= 11 is 1.79. The summed E-state index contributed by atoms with van der Waals surface area (Å²) in [5.41, 5.74) is 0.955. The standard InChI is InChI=1S/C19H27N5OS/c1-13(2)16-9-18(25)24(12-20-16)10-14-5-7-23(8-6-14)11-17-21-22-19(26-17)15-3-4-15/h9,12-15H,3-8,10-11H2,1-2H3. The third-order valence-electron chi connectivity index (χ3n) is 5.42. The molecular formula is C19H27N5OS. The van der Waals surface area contributed by atoms with Crippen molar-refractivity contribution in [1.82, 2.24) is 24.6 Å². The van der Waals surface area contributed by atoms with Crippen molar-refractivity contribution in [2.45, 2.75) is 64.5 Å². The molecule has 0 aromatic carbocycles. The first-order valence-electron chi connectivity index (χ1n) is 9.69. The summed E-state index contributed by atoms with van der Waals surface area (Å²) in [5, 5.41) is 11.1. The number of hydrogen-bond acceptors (Lipinski definition) is 6. The van der Waals surface area contributed by atoms with Crippen molar-refractivity contribution >= 4 is 11.3 Å². The van der Waals surface area contributed by atoms with E-state index in [4.69, 9.17) is 0 Å². The van der Waals surface area contributed by atoms with Crippen LogP contribution in [0.1, 0.15) is 67.1 Å². The van der Waals surface area contributed by atoms with Gasteiger partial charge in [0.05, 0.1) is 18.6 Å². The molecule has 7 heteroatoms. The predicted molar refractivity (Wildman–Crippen MR) is 102 cm³/mol. The summed E-state index contributed by atoms with van der Waals surface area (Å²) in [5.74, 6) is 1.54. The average Bonchev–Trinajstić information content (AvgIpc) is 3.38. The number of piperidine rings is 1. The highest BCUT2D eigenvalue weighted by atomic mass is 32.1. The molecule has 0 atom stereocenters. The molecule has 3 heterocycles. The minimum Gasteiger partial charge on any atom is -0.299 e. The number of likely N-dealkylation sites (tertiary alicyclic amines) is 1. The quantitative estimate of drug-likeness (QED) is 0.779. The SMILES string of the molecule is CC(C)c1cc(=O)n(CC2CCN(Cc3nnc(C4CC4)s3)CC2)cn1. The van der Waals surface area contributed by atoms with Gasteiger partial charge in [-0.25, -0.2) is 4.98 Å². The number of hydrogen-bond donors (Lipinski definition) is 0. The lowest BCUT2D eigenvalue weighted by Gasteiger charge is -2.31. The Balaban J connectivity index is 1.28. The first-order valence-corrected chi connectivity index (χ1v) is 10.5. The zero-order valence-corrected chi connectivity index (χ0v) is 16.4. The van der Waals surface area contributed by atoms with Gasteiger partial charge in [0.1, 0.15) is 10.0 Å². The second-order valence-electron chi connectivity index (χ2n) is 7.99. The molecule has 26 heavy (non-hydrogen) atoms. The van der Waals surface area contributed by atoms with Gasteiger partial charge in [-0.2, -0.15) is 0 Å². The van der Waals surface area contributed by atoms with Gasteiger partial charge in [0.2, 0.25) is 0 Å². The van der Waals surface area contributed by atoms with E-state index in [1.807, 2.05) is 0 Å². The van der Waals surface area contributed by atoms with Gasteiger partial charge >= 0.3 is 0 Å². The zero-order chi connectivity index (χ0) is 18.1. The molecule has 1 saturated heterocycles. The molecule has 2 aromatic rings. The molecule has 1 aliphatic carbocycles. The van der Waals surface area contributed by atoms with Gasteiger partial charge < -0.3 is 0 Å². The fourth-order valence-electron chi connectivity index (χ4n) is 3.52. The minimum atomic E-state index is 0.0765. The van der Waals surface area contributed by atoms with Crippen molar-refractivity contribution in [2.24, 2.45) is 5.92 Å². The van der Waals surface area contributed by atoms with E-state index in [0.29, 0.717) is 17.8 Å². The van der Waals surface area contributed by atoms with Crippen molar-refractivity contribution < 1.29 is 0 Å². The van der Waals surface area contributed by atoms with Crippen LogP contribution in [-0.2, 0) is 13.1 Å². The van der Waals surface area contributed by atoms with Crippen LogP contribution in [0.25, 0.3) is 0 Å². The van der Waals surface area contributed by atoms with Gasteiger partial charge in [0, 0.05) is 18.5 Å². The van der Waals surface area contributed by atoms with Crippen LogP contribution in [0.2, 0.25) is 0 Å². The van der Waals surface area contributed by atoms with Gasteiger partial charge in [-0.1, -0.05) is 25.2 Å². The topological polar surface area (TPSA) is 63.9 Å². The van der Waals surface area contributed by atoms with Gasteiger partial charge in [-0.15, -0.1) is 10.2 Å². The van der Waals surface area contributed by atoms with Crippen molar-refractivity contribution in [3.63, 3.8) is 0 Å². The summed E-state index contributed by atoms with van der Waals surface area (Å²) in [4.78, 5) is 19.2. The summed E-state index contributed by atoms with van der Waals surface area (Å²) < 4.78 is 1.78. The van der Waals surface area contributed by atoms with Crippen LogP contribution in [0, 0.1) is 5.92 Å². The Bertz CT molecular complexity index is 802. The zero-order valence-electron chi connectivity index (χ0n) is 15.6. The van der Waals surface area contributed by atoms with E-state index >= 15 is 0 Å². The molecule has 0 amide bonds. The second kappa shape index (κ2) is 7.56. The molecular weight excluding hydrogens is 346 g/mol. The van der Waals surface area contributed by atoms with Crippen LogP contribution in [-0.4, -0.2) is 37.7 Å². The minimum absolute atomic E-state index is 0.0765. The lowest BCUT2D eigenvalue weighted by molar-refractivity contribution is 0.166. The summed E-state index contributed by atoms with van der Waals surface area (Å²) in [6.07, 6.45) is 6.53. The lowest BCUT2D eigenvalue weighted by Crippen LogP contribution is -2.36. The summed E-state index contributed by atoms with van der Waals surface area (Å²) in [7, 11) is 0. The first-order chi connectivity index (χ1) is 12.6. The first kappa shape index (κ1) is 17.8. The molecule has 0 radical (unpaired) electrons. The Labute approximate surface area is 158 Å². The smallest absolute Gasteiger partial charge is 0.253 e. The van der Waals surface area contributed by atoms with Crippen LogP contribution >= 0.6 is 11.3 Å². The van der Waals surface area contributed by atoms with Crippen molar-refractivity contribution in [2.75, 3.05) is 13.1 Å². The maximum atomic E-state index is 12.3. The molecule has 140 valence electrons. The van der Waals surface area contributed by atoms with E-state index in [0.717, 1.165) is 49.7 Å². The Hall–Kier alpha value is -1.60. The highest BCUT2D eigenvalue weighted by Gasteiger charge is 2.28. The van der Waals surface area contributed by atoms with Crippen LogP contribution in [0.4, 0.5) is 0 Å². The normalized spacial score (nSPS) is 19.3. The maximum Gasteiger partial charge on any atom is 0.253 e. The molecule has 0 spiro atoms. The van der Waals surface area contributed by atoms with Gasteiger partial charge in [-0.3, -0.25) is 14.3 Å². The molecule has 0 N–H and O–H groups in total. The predicted octanol–water partition coefficient (Wildman–Crippen LogP) is 3.01. The lowest BCUT2D eigenvalue weighted by atomic mass is 9.96. The number of aromatic nitrogens is 4. The largest absolute Gasteiger partial charge is 0.299 e. The van der Waals surface area contributed by atoms with Crippen LogP contribution < -0.4 is 5.56 Å². The molecule has 1 saturated carbocycles. The van der Waals surface area contributed by atoms with Gasteiger partial charge in [0.15, 0.2) is 0 Å². The highest BCUT2D eigenvalue weighted by molar-refractivity contribution is 7.11. The van der Waals surface area contributed by atoms with E-state index in [-0.39, 0.29) is 5.56 Å². The van der Waals surface area contributed by atoms with Crippen molar-refractivity contribution in [3.05, 3.63) is 38.5 Å². The molecule has 0 bridgehead atoms. The van der Waals surface area contributed by atoms with E-state index in [2.05, 4.69) is 33.9 Å². The maximum absolute atomic E-state index is 12.3. The fraction of sp³-hybridized carbons (Fsp3) is 0.684. The molecule has 2 aliphatic rings. The molecule has 2 aromatic heterocycles. The van der Waals surface area contributed by atoms with E-state index in [1.54, 1.807) is 28.3 Å². The average molecular weight is 374 g/mol. The van der Waals surface area contributed by atoms with Crippen LogP contribution in [0.5, 0.6) is 0 Å². The molecule has 6 nitrogen and oxygen atoms in total. The molecule has 1 aliphatic heterocycles. The number of rotatable bonds is 6.